The molecule has 0 spiro atoms. The Kier molecular flexibility index (Phi) is 3.10. The molecule has 0 saturated heterocycles. The normalized spacial score (nSPS) is 12.4. The van der Waals surface area contributed by atoms with Gasteiger partial charge < -0.3 is 11.1 Å². The van der Waals surface area contributed by atoms with Crippen molar-refractivity contribution in [1.29, 1.82) is 0 Å². The molecule has 0 aromatic carbocycles. The molecule has 0 saturated carbocycles. The molecule has 0 aliphatic heterocycles. The summed E-state index contributed by atoms with van der Waals surface area (Å²) in [6, 6.07) is 8.18. The van der Waals surface area contributed by atoms with E-state index in [1.54, 1.807) is 11.3 Å². The first-order chi connectivity index (χ1) is 7.66. The molecule has 1 atom stereocenters. The standard InChI is InChI=1S/C12H15N3S/c1-8-5-6-10(13)12(14-8)15-9(2)11-4-3-7-16-11/h3-7,9H,13H2,1-2H3,(H,14,15). The lowest BCUT2D eigenvalue weighted by atomic mass is 10.2. The van der Waals surface area contributed by atoms with Gasteiger partial charge in [0.2, 0.25) is 0 Å². The Bertz CT molecular complexity index is 465. The van der Waals surface area contributed by atoms with Crippen LogP contribution in [-0.2, 0) is 0 Å². The second kappa shape index (κ2) is 4.53. The average molecular weight is 233 g/mol. The zero-order valence-corrected chi connectivity index (χ0v) is 10.2. The zero-order valence-electron chi connectivity index (χ0n) is 9.40. The van der Waals surface area contributed by atoms with E-state index in [-0.39, 0.29) is 6.04 Å². The van der Waals surface area contributed by atoms with Crippen LogP contribution >= 0.6 is 11.3 Å². The minimum absolute atomic E-state index is 0.233. The first kappa shape index (κ1) is 11.0. The first-order valence-corrected chi connectivity index (χ1v) is 6.08. The summed E-state index contributed by atoms with van der Waals surface area (Å²) >= 11 is 1.73. The number of aryl methyl sites for hydroxylation is 1. The van der Waals surface area contributed by atoms with Gasteiger partial charge in [0, 0.05) is 10.6 Å². The van der Waals surface area contributed by atoms with Gasteiger partial charge in [0.25, 0.3) is 0 Å². The van der Waals surface area contributed by atoms with Crippen LogP contribution in [0.25, 0.3) is 0 Å². The van der Waals surface area contributed by atoms with E-state index in [9.17, 15) is 0 Å². The number of pyridine rings is 1. The summed E-state index contributed by atoms with van der Waals surface area (Å²) in [5.74, 6) is 0.765. The van der Waals surface area contributed by atoms with Gasteiger partial charge in [-0.15, -0.1) is 11.3 Å². The number of hydrogen-bond acceptors (Lipinski definition) is 4. The van der Waals surface area contributed by atoms with Crippen molar-refractivity contribution in [3.05, 3.63) is 40.2 Å². The van der Waals surface area contributed by atoms with Crippen LogP contribution in [0, 0.1) is 6.92 Å². The number of anilines is 2. The van der Waals surface area contributed by atoms with Crippen molar-refractivity contribution in [1.82, 2.24) is 4.98 Å². The van der Waals surface area contributed by atoms with Gasteiger partial charge in [-0.3, -0.25) is 0 Å². The third kappa shape index (κ3) is 2.33. The quantitative estimate of drug-likeness (QED) is 0.856. The van der Waals surface area contributed by atoms with Crippen molar-refractivity contribution in [2.75, 3.05) is 11.1 Å². The molecule has 2 aromatic heterocycles. The number of rotatable bonds is 3. The van der Waals surface area contributed by atoms with Gasteiger partial charge in [-0.05, 0) is 37.4 Å². The number of hydrogen-bond donors (Lipinski definition) is 2. The summed E-state index contributed by atoms with van der Waals surface area (Å²) in [6.45, 7) is 4.07. The zero-order chi connectivity index (χ0) is 11.5. The molecule has 0 amide bonds. The van der Waals surface area contributed by atoms with E-state index in [2.05, 4.69) is 28.7 Å². The minimum Gasteiger partial charge on any atom is -0.396 e. The van der Waals surface area contributed by atoms with Gasteiger partial charge in [0.15, 0.2) is 0 Å². The molecule has 1 unspecified atom stereocenters. The molecule has 0 bridgehead atoms. The third-order valence-corrected chi connectivity index (χ3v) is 3.44. The smallest absolute Gasteiger partial charge is 0.149 e. The van der Waals surface area contributed by atoms with Crippen molar-refractivity contribution in [3.63, 3.8) is 0 Å². The summed E-state index contributed by atoms with van der Waals surface area (Å²) in [7, 11) is 0. The molecule has 0 radical (unpaired) electrons. The van der Waals surface area contributed by atoms with Crippen LogP contribution < -0.4 is 11.1 Å². The molecule has 16 heavy (non-hydrogen) atoms. The highest BCUT2D eigenvalue weighted by molar-refractivity contribution is 7.10. The Morgan fingerprint density at radius 3 is 2.88 bits per heavy atom. The fourth-order valence-electron chi connectivity index (χ4n) is 1.50. The minimum atomic E-state index is 0.233. The summed E-state index contributed by atoms with van der Waals surface area (Å²) in [5, 5.41) is 5.40. The van der Waals surface area contributed by atoms with Gasteiger partial charge in [-0.1, -0.05) is 6.07 Å². The van der Waals surface area contributed by atoms with Gasteiger partial charge in [-0.25, -0.2) is 4.98 Å². The maximum Gasteiger partial charge on any atom is 0.149 e. The molecular weight excluding hydrogens is 218 g/mol. The highest BCUT2D eigenvalue weighted by Gasteiger charge is 2.08. The molecule has 0 fully saturated rings. The number of thiophene rings is 1. The summed E-state index contributed by atoms with van der Waals surface area (Å²) < 4.78 is 0. The topological polar surface area (TPSA) is 50.9 Å². The van der Waals surface area contributed by atoms with Crippen molar-refractivity contribution in [2.45, 2.75) is 19.9 Å². The van der Waals surface area contributed by atoms with Crippen LogP contribution in [0.4, 0.5) is 11.5 Å². The van der Waals surface area contributed by atoms with Gasteiger partial charge in [0.05, 0.1) is 11.7 Å². The lowest BCUT2D eigenvalue weighted by Crippen LogP contribution is -2.09. The molecule has 84 valence electrons. The van der Waals surface area contributed by atoms with Gasteiger partial charge in [0.1, 0.15) is 5.82 Å². The van der Waals surface area contributed by atoms with Crippen LogP contribution in [-0.4, -0.2) is 4.98 Å². The number of nitrogens with one attached hydrogen (secondary N) is 1. The number of nitrogen functional groups attached to an aromatic ring is 1. The largest absolute Gasteiger partial charge is 0.396 e. The van der Waals surface area contributed by atoms with E-state index >= 15 is 0 Å². The molecule has 2 heterocycles. The molecule has 0 aliphatic rings. The number of nitrogens with two attached hydrogens (primary N) is 1. The lowest BCUT2D eigenvalue weighted by molar-refractivity contribution is 0.895. The molecule has 2 aromatic rings. The Balaban J connectivity index is 2.17. The van der Waals surface area contributed by atoms with E-state index in [1.165, 1.54) is 4.88 Å². The second-order valence-corrected chi connectivity index (χ2v) is 4.75. The van der Waals surface area contributed by atoms with Crippen molar-refractivity contribution in [2.24, 2.45) is 0 Å². The summed E-state index contributed by atoms with van der Waals surface area (Å²) in [5.41, 5.74) is 7.53. The van der Waals surface area contributed by atoms with E-state index in [0.717, 1.165) is 11.5 Å². The molecule has 3 N–H and O–H groups in total. The maximum atomic E-state index is 5.87. The number of nitrogens with zero attached hydrogens (tertiary/aromatic N) is 1. The van der Waals surface area contributed by atoms with Crippen molar-refractivity contribution >= 4 is 22.8 Å². The summed E-state index contributed by atoms with van der Waals surface area (Å²) in [4.78, 5) is 5.67. The first-order valence-electron chi connectivity index (χ1n) is 5.20. The Morgan fingerprint density at radius 1 is 1.38 bits per heavy atom. The Morgan fingerprint density at radius 2 is 2.19 bits per heavy atom. The molecule has 4 heteroatoms. The monoisotopic (exact) mass is 233 g/mol. The van der Waals surface area contributed by atoms with Crippen LogP contribution in [0.15, 0.2) is 29.6 Å². The van der Waals surface area contributed by atoms with Gasteiger partial charge >= 0.3 is 0 Å². The number of aromatic nitrogens is 1. The van der Waals surface area contributed by atoms with E-state index in [0.29, 0.717) is 5.69 Å². The van der Waals surface area contributed by atoms with Crippen LogP contribution in [0.5, 0.6) is 0 Å². The Labute approximate surface area is 99.3 Å². The lowest BCUT2D eigenvalue weighted by Gasteiger charge is -2.14. The van der Waals surface area contributed by atoms with Crippen LogP contribution in [0.2, 0.25) is 0 Å². The highest BCUT2D eigenvalue weighted by atomic mass is 32.1. The fourth-order valence-corrected chi connectivity index (χ4v) is 2.23. The molecular formula is C12H15N3S. The Hall–Kier alpha value is -1.55. The van der Waals surface area contributed by atoms with Crippen LogP contribution in [0.3, 0.4) is 0 Å². The van der Waals surface area contributed by atoms with Crippen molar-refractivity contribution in [3.8, 4) is 0 Å². The second-order valence-electron chi connectivity index (χ2n) is 3.77. The predicted octanol–water partition coefficient (Wildman–Crippen LogP) is 3.21. The maximum absolute atomic E-state index is 5.87. The van der Waals surface area contributed by atoms with Crippen LogP contribution in [0.1, 0.15) is 23.5 Å². The molecule has 2 rings (SSSR count). The molecule has 0 aliphatic carbocycles. The third-order valence-electron chi connectivity index (χ3n) is 2.39. The SMILES string of the molecule is Cc1ccc(N)c(NC(C)c2cccs2)n1. The molecule has 3 nitrogen and oxygen atoms in total. The van der Waals surface area contributed by atoms with E-state index in [1.807, 2.05) is 25.1 Å². The predicted molar refractivity (Wildman–Crippen MR) is 69.7 cm³/mol. The average Bonchev–Trinajstić information content (AvgIpc) is 2.76. The highest BCUT2D eigenvalue weighted by Crippen LogP contribution is 2.25. The van der Waals surface area contributed by atoms with Gasteiger partial charge in [-0.2, -0.15) is 0 Å². The summed E-state index contributed by atoms with van der Waals surface area (Å²) in [6.07, 6.45) is 0. The van der Waals surface area contributed by atoms with E-state index in [4.69, 9.17) is 5.73 Å². The fraction of sp³-hybridized carbons (Fsp3) is 0.250. The van der Waals surface area contributed by atoms with Crippen molar-refractivity contribution < 1.29 is 0 Å². The van der Waals surface area contributed by atoms with E-state index < -0.39 is 0 Å².